The summed E-state index contributed by atoms with van der Waals surface area (Å²) < 4.78 is 5.38. The van der Waals surface area contributed by atoms with Crippen molar-refractivity contribution in [3.63, 3.8) is 0 Å². The second-order valence-electron chi connectivity index (χ2n) is 7.96. The molecule has 136 valence electrons. The monoisotopic (exact) mass is 352 g/mol. The molecular formula is C21H24N2O3. The Morgan fingerprint density at radius 2 is 2.27 bits per heavy atom. The van der Waals surface area contributed by atoms with E-state index >= 15 is 0 Å². The van der Waals surface area contributed by atoms with Crippen LogP contribution < -0.4 is 0 Å². The Morgan fingerprint density at radius 3 is 3.08 bits per heavy atom. The van der Waals surface area contributed by atoms with Crippen molar-refractivity contribution in [1.29, 1.82) is 0 Å². The van der Waals surface area contributed by atoms with Crippen LogP contribution in [0.4, 0.5) is 0 Å². The maximum Gasteiger partial charge on any atom is 0.319 e. The van der Waals surface area contributed by atoms with Crippen LogP contribution in [0.2, 0.25) is 0 Å². The number of aromatic nitrogens is 1. The first-order valence-electron chi connectivity index (χ1n) is 9.43. The largest absolute Gasteiger partial charge is 0.468 e. The molecule has 4 heterocycles. The van der Waals surface area contributed by atoms with Crippen LogP contribution in [-0.2, 0) is 14.9 Å². The van der Waals surface area contributed by atoms with E-state index < -0.39 is 5.41 Å². The fraction of sp³-hybridized carbons (Fsp3) is 0.476. The molecule has 2 aromatic rings. The van der Waals surface area contributed by atoms with Gasteiger partial charge in [-0.15, -0.1) is 0 Å². The molecule has 2 saturated heterocycles. The molecule has 1 saturated carbocycles. The number of aromatic amines is 1. The Bertz CT molecular complexity index is 902. The number of hydrogen-bond donors (Lipinski definition) is 2. The number of methoxy groups -OCH3 is 1. The lowest BCUT2D eigenvalue weighted by atomic mass is 9.56. The smallest absolute Gasteiger partial charge is 0.319 e. The number of aliphatic hydroxyl groups is 1. The number of aliphatic hydroxyl groups excluding tert-OH is 1. The van der Waals surface area contributed by atoms with E-state index in [0.29, 0.717) is 5.92 Å². The molecule has 1 aliphatic carbocycles. The highest BCUT2D eigenvalue weighted by Crippen LogP contribution is 2.55. The van der Waals surface area contributed by atoms with Crippen LogP contribution >= 0.6 is 0 Å². The minimum atomic E-state index is -0.701. The third-order valence-electron chi connectivity index (χ3n) is 6.70. The third-order valence-corrected chi connectivity index (χ3v) is 6.70. The van der Waals surface area contributed by atoms with Crippen molar-refractivity contribution in [2.24, 2.45) is 11.8 Å². The number of hydrogen-bond acceptors (Lipinski definition) is 4. The summed E-state index contributed by atoms with van der Waals surface area (Å²) in [7, 11) is 1.49. The lowest BCUT2D eigenvalue weighted by molar-refractivity contribution is -0.160. The number of fused-ring (bicyclic) bond motifs is 4. The van der Waals surface area contributed by atoms with Gasteiger partial charge in [0.1, 0.15) is 5.41 Å². The molecule has 6 rings (SSSR count). The molecule has 1 aromatic heterocycles. The first-order chi connectivity index (χ1) is 12.7. The highest BCUT2D eigenvalue weighted by Gasteiger charge is 2.62. The van der Waals surface area contributed by atoms with Crippen LogP contribution in [0.25, 0.3) is 17.0 Å². The van der Waals surface area contributed by atoms with E-state index in [1.165, 1.54) is 7.11 Å². The van der Waals surface area contributed by atoms with Crippen molar-refractivity contribution in [2.45, 2.75) is 30.7 Å². The Balaban J connectivity index is 1.80. The molecule has 0 spiro atoms. The number of esters is 1. The summed E-state index contributed by atoms with van der Waals surface area (Å²) >= 11 is 0. The van der Waals surface area contributed by atoms with Gasteiger partial charge < -0.3 is 19.7 Å². The van der Waals surface area contributed by atoms with Gasteiger partial charge in [0.15, 0.2) is 0 Å². The van der Waals surface area contributed by atoms with Crippen molar-refractivity contribution in [3.8, 4) is 0 Å². The first-order valence-corrected chi connectivity index (χ1v) is 9.43. The van der Waals surface area contributed by atoms with E-state index in [4.69, 9.17) is 4.74 Å². The van der Waals surface area contributed by atoms with Gasteiger partial charge in [-0.3, -0.25) is 4.79 Å². The van der Waals surface area contributed by atoms with Gasteiger partial charge in [0.2, 0.25) is 0 Å². The molecule has 3 fully saturated rings. The maximum absolute atomic E-state index is 13.3. The molecule has 5 nitrogen and oxygen atoms in total. The number of H-pyrrole nitrogens is 1. The van der Waals surface area contributed by atoms with Crippen molar-refractivity contribution in [2.75, 3.05) is 20.3 Å². The fourth-order valence-electron chi connectivity index (χ4n) is 5.92. The molecule has 0 radical (unpaired) electrons. The van der Waals surface area contributed by atoms with E-state index in [2.05, 4.69) is 34.3 Å². The van der Waals surface area contributed by atoms with Crippen molar-refractivity contribution in [3.05, 3.63) is 41.7 Å². The molecule has 0 amide bonds. The quantitative estimate of drug-likeness (QED) is 0.834. The van der Waals surface area contributed by atoms with Gasteiger partial charge >= 0.3 is 5.97 Å². The molecule has 1 aromatic carbocycles. The van der Waals surface area contributed by atoms with Crippen LogP contribution in [0, 0.1) is 11.8 Å². The number of nitrogens with one attached hydrogen (secondary N) is 1. The molecule has 4 bridgehead atoms. The SMILES string of the molecule is COC(=O)C12CC3CC(CCO)C1N(C=Cc1c2[nH]c2ccccc12)C3. The summed E-state index contributed by atoms with van der Waals surface area (Å²) in [5.41, 5.74) is 2.44. The molecule has 4 aliphatic rings. The summed E-state index contributed by atoms with van der Waals surface area (Å²) in [6.07, 6.45) is 6.91. The maximum atomic E-state index is 13.3. The number of carbonyl (C=O) groups excluding carboxylic acids is 1. The number of para-hydroxylation sites is 1. The van der Waals surface area contributed by atoms with Gasteiger partial charge in [-0.25, -0.2) is 0 Å². The summed E-state index contributed by atoms with van der Waals surface area (Å²) in [6.45, 7) is 1.13. The van der Waals surface area contributed by atoms with Crippen LogP contribution in [-0.4, -0.2) is 47.3 Å². The van der Waals surface area contributed by atoms with E-state index in [-0.39, 0.29) is 24.5 Å². The minimum Gasteiger partial charge on any atom is -0.468 e. The van der Waals surface area contributed by atoms with E-state index in [1.807, 2.05) is 12.1 Å². The van der Waals surface area contributed by atoms with Gasteiger partial charge in [0.25, 0.3) is 0 Å². The summed E-state index contributed by atoms with van der Waals surface area (Å²) in [4.78, 5) is 19.2. The van der Waals surface area contributed by atoms with Crippen molar-refractivity contribution >= 4 is 22.9 Å². The highest BCUT2D eigenvalue weighted by atomic mass is 16.5. The number of rotatable bonds is 3. The third kappa shape index (κ3) is 1.92. The molecule has 4 unspecified atom stereocenters. The van der Waals surface area contributed by atoms with Gasteiger partial charge in [-0.2, -0.15) is 0 Å². The van der Waals surface area contributed by atoms with Crippen molar-refractivity contribution < 1.29 is 14.6 Å². The molecule has 5 heteroatoms. The van der Waals surface area contributed by atoms with Gasteiger partial charge in [0.05, 0.1) is 13.2 Å². The number of nitrogens with zero attached hydrogens (tertiary/aromatic N) is 1. The van der Waals surface area contributed by atoms with Crippen LogP contribution in [0.15, 0.2) is 30.5 Å². The average Bonchev–Trinajstić information content (AvgIpc) is 3.00. The molecule has 26 heavy (non-hydrogen) atoms. The number of piperidine rings is 2. The highest BCUT2D eigenvalue weighted by molar-refractivity contribution is 5.96. The fourth-order valence-corrected chi connectivity index (χ4v) is 5.92. The van der Waals surface area contributed by atoms with Crippen LogP contribution in [0.5, 0.6) is 0 Å². The molecule has 2 N–H and O–H groups in total. The Kier molecular flexibility index (Phi) is 3.44. The normalized spacial score (nSPS) is 31.8. The topological polar surface area (TPSA) is 65.6 Å². The Morgan fingerprint density at radius 1 is 1.42 bits per heavy atom. The number of ether oxygens (including phenoxy) is 1. The van der Waals surface area contributed by atoms with Crippen LogP contribution in [0.1, 0.15) is 30.5 Å². The zero-order chi connectivity index (χ0) is 17.9. The minimum absolute atomic E-state index is 0.0256. The zero-order valence-corrected chi connectivity index (χ0v) is 14.9. The summed E-state index contributed by atoms with van der Waals surface area (Å²) in [6, 6.07) is 8.24. The summed E-state index contributed by atoms with van der Waals surface area (Å²) in [5.74, 6) is 0.558. The standard InChI is InChI=1S/C21H24N2O3/c1-26-20(25)21-11-13-10-14(7-9-24)19(21)23(12-13)8-6-16-15-4-2-3-5-17(15)22-18(16)21/h2-6,8,13-14,19,22,24H,7,9-12H2,1H3. The van der Waals surface area contributed by atoms with Gasteiger partial charge in [-0.1, -0.05) is 18.2 Å². The van der Waals surface area contributed by atoms with E-state index in [1.54, 1.807) is 0 Å². The number of benzene rings is 1. The van der Waals surface area contributed by atoms with Gasteiger partial charge in [-0.05, 0) is 43.2 Å². The van der Waals surface area contributed by atoms with E-state index in [9.17, 15) is 9.90 Å². The second-order valence-corrected chi connectivity index (χ2v) is 7.96. The number of carbonyl (C=O) groups is 1. The second kappa shape index (κ2) is 5.61. The Hall–Kier alpha value is -2.27. The predicted molar refractivity (Wildman–Crippen MR) is 99.4 cm³/mol. The lowest BCUT2D eigenvalue weighted by Crippen LogP contribution is -2.66. The molecular weight excluding hydrogens is 328 g/mol. The van der Waals surface area contributed by atoms with Crippen molar-refractivity contribution in [1.82, 2.24) is 9.88 Å². The molecule has 4 atom stereocenters. The Labute approximate surface area is 152 Å². The van der Waals surface area contributed by atoms with Crippen LogP contribution in [0.3, 0.4) is 0 Å². The van der Waals surface area contributed by atoms with E-state index in [0.717, 1.165) is 48.0 Å². The average molecular weight is 352 g/mol. The predicted octanol–water partition coefficient (Wildman–Crippen LogP) is 2.66. The van der Waals surface area contributed by atoms with Gasteiger partial charge in [0, 0.05) is 41.5 Å². The lowest BCUT2D eigenvalue weighted by Gasteiger charge is -2.58. The zero-order valence-electron chi connectivity index (χ0n) is 14.9. The molecule has 3 aliphatic heterocycles. The summed E-state index contributed by atoms with van der Waals surface area (Å²) in [5, 5.41) is 10.8. The first kappa shape index (κ1) is 15.9.